The first-order valence-electron chi connectivity index (χ1n) is 8.92. The van der Waals surface area contributed by atoms with Crippen molar-refractivity contribution in [3.63, 3.8) is 0 Å². The lowest BCUT2D eigenvalue weighted by Crippen LogP contribution is -2.14. The quantitative estimate of drug-likeness (QED) is 0.664. The molecule has 0 spiro atoms. The van der Waals surface area contributed by atoms with E-state index in [-0.39, 0.29) is 0 Å². The topological polar surface area (TPSA) is 0 Å². The van der Waals surface area contributed by atoms with E-state index in [1.165, 1.54) is 36.0 Å². The van der Waals surface area contributed by atoms with Gasteiger partial charge in [-0.1, -0.05) is 67.6 Å². The smallest absolute Gasteiger partial charge is 0.00618 e. The number of allylic oxidation sites excluding steroid dienone is 2. The number of fused-ring (bicyclic) bond motifs is 3. The summed E-state index contributed by atoms with van der Waals surface area (Å²) in [6, 6.07) is 13.8. The fraction of sp³-hybridized carbons (Fsp3) is 0.304. The van der Waals surface area contributed by atoms with Crippen LogP contribution < -0.4 is 0 Å². The van der Waals surface area contributed by atoms with Crippen LogP contribution >= 0.6 is 0 Å². The largest absolute Gasteiger partial charge is 0.0761 e. The molecule has 0 fully saturated rings. The molecule has 2 aromatic rings. The zero-order chi connectivity index (χ0) is 15.4. The van der Waals surface area contributed by atoms with Crippen LogP contribution in [0.3, 0.4) is 0 Å². The van der Waals surface area contributed by atoms with Crippen molar-refractivity contribution < 1.29 is 0 Å². The average Bonchev–Trinajstić information content (AvgIpc) is 3.29. The van der Waals surface area contributed by atoms with Gasteiger partial charge in [0.1, 0.15) is 0 Å². The van der Waals surface area contributed by atoms with Gasteiger partial charge in [0, 0.05) is 11.8 Å². The van der Waals surface area contributed by atoms with Gasteiger partial charge in [-0.05, 0) is 58.6 Å². The van der Waals surface area contributed by atoms with Crippen molar-refractivity contribution in [2.45, 2.75) is 38.0 Å². The summed E-state index contributed by atoms with van der Waals surface area (Å²) in [5.74, 6) is 1.70. The molecule has 0 heteroatoms. The standard InChI is InChI=1S/C23H22/c1-15(20-11-9-16-5-2-3-8-22(16)20)21-12-10-19-13-17-6-4-7-18(17)14-23(19)21/h2-3,5,8-15,20-21H,4,6-7H2,1H3. The van der Waals surface area contributed by atoms with Gasteiger partial charge in [0.15, 0.2) is 0 Å². The second-order valence-electron chi connectivity index (χ2n) is 7.36. The van der Waals surface area contributed by atoms with E-state index in [0.717, 1.165) is 0 Å². The Kier molecular flexibility index (Phi) is 2.88. The minimum Gasteiger partial charge on any atom is -0.0761 e. The van der Waals surface area contributed by atoms with Crippen LogP contribution in [0.5, 0.6) is 0 Å². The molecule has 5 rings (SSSR count). The van der Waals surface area contributed by atoms with Crippen molar-refractivity contribution in [3.05, 3.63) is 81.9 Å². The summed E-state index contributed by atoms with van der Waals surface area (Å²) in [6.45, 7) is 2.43. The van der Waals surface area contributed by atoms with Gasteiger partial charge >= 0.3 is 0 Å². The lowest BCUT2D eigenvalue weighted by molar-refractivity contribution is 0.482. The fourth-order valence-corrected chi connectivity index (χ4v) is 4.82. The maximum absolute atomic E-state index is 2.52. The molecule has 0 aliphatic heterocycles. The van der Waals surface area contributed by atoms with E-state index in [1.807, 2.05) is 0 Å². The maximum atomic E-state index is 2.52. The molecule has 0 amide bonds. The average molecular weight is 298 g/mol. The number of hydrogen-bond acceptors (Lipinski definition) is 0. The van der Waals surface area contributed by atoms with Crippen molar-refractivity contribution in [3.8, 4) is 0 Å². The van der Waals surface area contributed by atoms with Crippen LogP contribution in [-0.2, 0) is 12.8 Å². The van der Waals surface area contributed by atoms with Crippen LogP contribution in [0.4, 0.5) is 0 Å². The van der Waals surface area contributed by atoms with Crippen LogP contribution in [0, 0.1) is 5.92 Å². The zero-order valence-electron chi connectivity index (χ0n) is 13.6. The minimum atomic E-state index is 0.542. The molecule has 0 bridgehead atoms. The third kappa shape index (κ3) is 1.97. The highest BCUT2D eigenvalue weighted by Crippen LogP contribution is 2.46. The highest BCUT2D eigenvalue weighted by molar-refractivity contribution is 5.67. The Labute approximate surface area is 138 Å². The summed E-state index contributed by atoms with van der Waals surface area (Å²) in [6.07, 6.45) is 13.4. The summed E-state index contributed by atoms with van der Waals surface area (Å²) in [5.41, 5.74) is 9.14. The van der Waals surface area contributed by atoms with Gasteiger partial charge in [-0.25, -0.2) is 0 Å². The number of rotatable bonds is 2. The van der Waals surface area contributed by atoms with Gasteiger partial charge < -0.3 is 0 Å². The van der Waals surface area contributed by atoms with E-state index in [1.54, 1.807) is 16.7 Å². The number of benzene rings is 2. The second kappa shape index (κ2) is 4.96. The van der Waals surface area contributed by atoms with E-state index in [9.17, 15) is 0 Å². The van der Waals surface area contributed by atoms with Gasteiger partial charge in [-0.3, -0.25) is 0 Å². The molecule has 114 valence electrons. The molecule has 23 heavy (non-hydrogen) atoms. The summed E-state index contributed by atoms with van der Waals surface area (Å²) in [7, 11) is 0. The molecule has 0 heterocycles. The van der Waals surface area contributed by atoms with Gasteiger partial charge in [0.2, 0.25) is 0 Å². The van der Waals surface area contributed by atoms with E-state index in [4.69, 9.17) is 0 Å². The normalized spacial score (nSPS) is 24.6. The Morgan fingerprint density at radius 3 is 2.39 bits per heavy atom. The zero-order valence-corrected chi connectivity index (χ0v) is 13.6. The summed E-state index contributed by atoms with van der Waals surface area (Å²) < 4.78 is 0. The highest BCUT2D eigenvalue weighted by Gasteiger charge is 2.32. The number of aryl methyl sites for hydroxylation is 2. The Morgan fingerprint density at radius 2 is 1.52 bits per heavy atom. The van der Waals surface area contributed by atoms with Crippen LogP contribution in [0.15, 0.2) is 48.6 Å². The Morgan fingerprint density at radius 1 is 0.826 bits per heavy atom. The van der Waals surface area contributed by atoms with Crippen molar-refractivity contribution >= 4 is 12.2 Å². The monoisotopic (exact) mass is 298 g/mol. The molecule has 3 aliphatic rings. The Balaban J connectivity index is 1.51. The predicted molar refractivity (Wildman–Crippen MR) is 97.6 cm³/mol. The molecule has 0 nitrogen and oxygen atoms in total. The van der Waals surface area contributed by atoms with Crippen LogP contribution in [0.25, 0.3) is 12.2 Å². The summed E-state index contributed by atoms with van der Waals surface area (Å²) in [5, 5.41) is 0. The molecule has 3 aliphatic carbocycles. The first kappa shape index (κ1) is 13.4. The second-order valence-corrected chi connectivity index (χ2v) is 7.36. The molecule has 0 radical (unpaired) electrons. The van der Waals surface area contributed by atoms with E-state index in [2.05, 4.69) is 67.6 Å². The van der Waals surface area contributed by atoms with Gasteiger partial charge in [-0.15, -0.1) is 0 Å². The van der Waals surface area contributed by atoms with Gasteiger partial charge in [-0.2, -0.15) is 0 Å². The van der Waals surface area contributed by atoms with Crippen molar-refractivity contribution in [1.82, 2.24) is 0 Å². The third-order valence-electron chi connectivity index (χ3n) is 6.11. The van der Waals surface area contributed by atoms with Crippen LogP contribution in [0.1, 0.15) is 58.6 Å². The first-order valence-corrected chi connectivity index (χ1v) is 8.92. The molecule has 0 saturated carbocycles. The molecule has 0 saturated heterocycles. The predicted octanol–water partition coefficient (Wildman–Crippen LogP) is 5.73. The van der Waals surface area contributed by atoms with E-state index < -0.39 is 0 Å². The lowest BCUT2D eigenvalue weighted by Gasteiger charge is -2.26. The molecule has 3 unspecified atom stereocenters. The van der Waals surface area contributed by atoms with Gasteiger partial charge in [0.25, 0.3) is 0 Å². The Hall–Kier alpha value is -2.08. The molecular weight excluding hydrogens is 276 g/mol. The molecule has 3 atom stereocenters. The summed E-state index contributed by atoms with van der Waals surface area (Å²) in [4.78, 5) is 0. The maximum Gasteiger partial charge on any atom is 0.00618 e. The van der Waals surface area contributed by atoms with Crippen LogP contribution in [0.2, 0.25) is 0 Å². The molecular formula is C23H22. The molecule has 0 N–H and O–H groups in total. The van der Waals surface area contributed by atoms with E-state index >= 15 is 0 Å². The first-order chi connectivity index (χ1) is 11.3. The highest BCUT2D eigenvalue weighted by atomic mass is 14.4. The summed E-state index contributed by atoms with van der Waals surface area (Å²) >= 11 is 0. The lowest BCUT2D eigenvalue weighted by atomic mass is 9.77. The van der Waals surface area contributed by atoms with Crippen molar-refractivity contribution in [2.24, 2.45) is 5.92 Å². The van der Waals surface area contributed by atoms with Crippen molar-refractivity contribution in [2.75, 3.05) is 0 Å². The fourth-order valence-electron chi connectivity index (χ4n) is 4.82. The SMILES string of the molecule is CC(C1C=Cc2ccccc21)C1C=Cc2cc3c(cc21)CCC3. The van der Waals surface area contributed by atoms with Gasteiger partial charge in [0.05, 0.1) is 0 Å². The third-order valence-corrected chi connectivity index (χ3v) is 6.11. The van der Waals surface area contributed by atoms with Crippen LogP contribution in [-0.4, -0.2) is 0 Å². The number of hydrogen-bond donors (Lipinski definition) is 0. The minimum absolute atomic E-state index is 0.542. The van der Waals surface area contributed by atoms with Crippen molar-refractivity contribution in [1.29, 1.82) is 0 Å². The Bertz CT molecular complexity index is 837. The molecule has 2 aromatic carbocycles. The van der Waals surface area contributed by atoms with E-state index in [0.29, 0.717) is 17.8 Å². The molecule has 0 aromatic heterocycles.